The third-order valence-electron chi connectivity index (χ3n) is 4.13. The summed E-state index contributed by atoms with van der Waals surface area (Å²) >= 11 is 0. The molecule has 0 atom stereocenters. The summed E-state index contributed by atoms with van der Waals surface area (Å²) < 4.78 is 10.6. The number of methoxy groups -OCH3 is 1. The molecule has 1 aromatic heterocycles. The third-order valence-corrected chi connectivity index (χ3v) is 4.13. The molecule has 0 bridgehead atoms. The Morgan fingerprint density at radius 3 is 2.57 bits per heavy atom. The molecule has 112 valence electrons. The number of ether oxygens (including phenoxy) is 1. The Balaban J connectivity index is 1.64. The Morgan fingerprint density at radius 2 is 1.90 bits per heavy atom. The normalized spacial score (nSPS) is 22.2. The van der Waals surface area contributed by atoms with E-state index in [2.05, 4.69) is 10.1 Å². The maximum absolute atomic E-state index is 5.93. The van der Waals surface area contributed by atoms with Crippen LogP contribution in [0.25, 0.3) is 0 Å². The van der Waals surface area contributed by atoms with Crippen LogP contribution in [0.4, 0.5) is 0 Å². The summed E-state index contributed by atoms with van der Waals surface area (Å²) in [6, 6.07) is 8.27. The fourth-order valence-corrected chi connectivity index (χ4v) is 2.80. The van der Waals surface area contributed by atoms with Gasteiger partial charge in [-0.2, -0.15) is 4.98 Å². The molecule has 1 aliphatic carbocycles. The molecular weight excluding hydrogens is 266 g/mol. The first-order valence-corrected chi connectivity index (χ1v) is 7.45. The third kappa shape index (κ3) is 3.42. The average Bonchev–Trinajstić information content (AvgIpc) is 2.97. The van der Waals surface area contributed by atoms with Gasteiger partial charge in [0.05, 0.1) is 7.11 Å². The van der Waals surface area contributed by atoms with Gasteiger partial charge in [-0.3, -0.25) is 0 Å². The lowest BCUT2D eigenvalue weighted by Gasteiger charge is -2.22. The van der Waals surface area contributed by atoms with Crippen LogP contribution >= 0.6 is 0 Å². The van der Waals surface area contributed by atoms with Crippen molar-refractivity contribution in [3.63, 3.8) is 0 Å². The average molecular weight is 287 g/mol. The molecule has 0 amide bonds. The van der Waals surface area contributed by atoms with Crippen molar-refractivity contribution in [1.29, 1.82) is 0 Å². The summed E-state index contributed by atoms with van der Waals surface area (Å²) in [4.78, 5) is 4.55. The van der Waals surface area contributed by atoms with Gasteiger partial charge in [0.1, 0.15) is 5.75 Å². The van der Waals surface area contributed by atoms with Gasteiger partial charge in [-0.1, -0.05) is 17.3 Å². The first-order chi connectivity index (χ1) is 10.2. The van der Waals surface area contributed by atoms with Gasteiger partial charge in [-0.05, 0) is 43.4 Å². The van der Waals surface area contributed by atoms with Crippen LogP contribution in [0.15, 0.2) is 28.8 Å². The van der Waals surface area contributed by atoms with E-state index in [-0.39, 0.29) is 0 Å². The highest BCUT2D eigenvalue weighted by molar-refractivity contribution is 5.28. The fraction of sp³-hybridized carbons (Fsp3) is 0.500. The van der Waals surface area contributed by atoms with E-state index in [1.807, 2.05) is 24.3 Å². The van der Waals surface area contributed by atoms with Crippen molar-refractivity contribution in [2.45, 2.75) is 44.1 Å². The Labute approximate surface area is 124 Å². The number of benzene rings is 1. The highest BCUT2D eigenvalue weighted by Crippen LogP contribution is 2.31. The highest BCUT2D eigenvalue weighted by atomic mass is 16.5. The highest BCUT2D eigenvalue weighted by Gasteiger charge is 2.24. The Hall–Kier alpha value is -1.88. The molecule has 1 heterocycles. The van der Waals surface area contributed by atoms with Crippen LogP contribution in [0.5, 0.6) is 5.75 Å². The van der Waals surface area contributed by atoms with E-state index in [0.717, 1.165) is 48.7 Å². The summed E-state index contributed by atoms with van der Waals surface area (Å²) in [6.45, 7) is 0. The lowest BCUT2D eigenvalue weighted by molar-refractivity contribution is 0.300. The number of hydrogen-bond donors (Lipinski definition) is 1. The molecule has 0 unspecified atom stereocenters. The molecule has 1 aliphatic rings. The van der Waals surface area contributed by atoms with Crippen LogP contribution in [0.1, 0.15) is 48.9 Å². The summed E-state index contributed by atoms with van der Waals surface area (Å²) in [5.74, 6) is 2.74. The van der Waals surface area contributed by atoms with Crippen LogP contribution in [-0.4, -0.2) is 23.3 Å². The smallest absolute Gasteiger partial charge is 0.229 e. The second-order valence-corrected chi connectivity index (χ2v) is 5.69. The van der Waals surface area contributed by atoms with Crippen LogP contribution < -0.4 is 10.5 Å². The van der Waals surface area contributed by atoms with E-state index in [9.17, 15) is 0 Å². The molecule has 3 rings (SSSR count). The molecule has 1 fully saturated rings. The molecule has 0 radical (unpaired) electrons. The van der Waals surface area contributed by atoms with Crippen LogP contribution in [0, 0.1) is 0 Å². The van der Waals surface area contributed by atoms with Crippen molar-refractivity contribution in [2.75, 3.05) is 7.11 Å². The van der Waals surface area contributed by atoms with Crippen LogP contribution in [0.3, 0.4) is 0 Å². The van der Waals surface area contributed by atoms with Gasteiger partial charge >= 0.3 is 0 Å². The molecule has 21 heavy (non-hydrogen) atoms. The molecule has 0 saturated heterocycles. The maximum Gasteiger partial charge on any atom is 0.229 e. The van der Waals surface area contributed by atoms with Gasteiger partial charge in [-0.15, -0.1) is 0 Å². The van der Waals surface area contributed by atoms with Gasteiger partial charge < -0.3 is 15.0 Å². The first-order valence-electron chi connectivity index (χ1n) is 7.45. The largest absolute Gasteiger partial charge is 0.497 e. The van der Waals surface area contributed by atoms with Gasteiger partial charge in [0.2, 0.25) is 5.89 Å². The van der Waals surface area contributed by atoms with Crippen molar-refractivity contribution >= 4 is 0 Å². The van der Waals surface area contributed by atoms with Gasteiger partial charge in [-0.25, -0.2) is 0 Å². The van der Waals surface area contributed by atoms with Gasteiger partial charge in [0, 0.05) is 18.4 Å². The van der Waals surface area contributed by atoms with Crippen molar-refractivity contribution < 1.29 is 9.26 Å². The second-order valence-electron chi connectivity index (χ2n) is 5.69. The number of aromatic nitrogens is 2. The first kappa shape index (κ1) is 14.1. The van der Waals surface area contributed by atoms with E-state index in [1.165, 1.54) is 0 Å². The lowest BCUT2D eigenvalue weighted by atomic mass is 9.86. The maximum atomic E-state index is 5.93. The quantitative estimate of drug-likeness (QED) is 0.935. The Kier molecular flexibility index (Phi) is 4.20. The topological polar surface area (TPSA) is 74.2 Å². The summed E-state index contributed by atoms with van der Waals surface area (Å²) in [5, 5.41) is 4.10. The molecule has 5 heteroatoms. The molecule has 2 aromatic rings. The monoisotopic (exact) mass is 287 g/mol. The second kappa shape index (κ2) is 6.26. The van der Waals surface area contributed by atoms with Crippen molar-refractivity contribution in [3.8, 4) is 5.75 Å². The molecule has 0 spiro atoms. The molecule has 5 nitrogen and oxygen atoms in total. The fourth-order valence-electron chi connectivity index (χ4n) is 2.80. The lowest BCUT2D eigenvalue weighted by Crippen LogP contribution is -2.25. The zero-order valence-electron chi connectivity index (χ0n) is 12.3. The van der Waals surface area contributed by atoms with Gasteiger partial charge in [0.15, 0.2) is 5.82 Å². The summed E-state index contributed by atoms with van der Waals surface area (Å²) in [5.41, 5.74) is 7.08. The Bertz CT molecular complexity index is 571. The van der Waals surface area contributed by atoms with Gasteiger partial charge in [0.25, 0.3) is 0 Å². The minimum atomic E-state index is 0.336. The summed E-state index contributed by atoms with van der Waals surface area (Å²) in [7, 11) is 1.66. The zero-order valence-corrected chi connectivity index (χ0v) is 12.3. The molecule has 1 aromatic carbocycles. The standard InChI is InChI=1S/C16H21N3O2/c1-20-14-8-2-11(3-9-14)10-15-18-16(21-19-15)12-4-6-13(17)7-5-12/h2-3,8-9,12-13H,4-7,10,17H2,1H3. The number of nitrogens with zero attached hydrogens (tertiary/aromatic N) is 2. The van der Waals surface area contributed by atoms with Crippen molar-refractivity contribution in [3.05, 3.63) is 41.5 Å². The van der Waals surface area contributed by atoms with E-state index in [0.29, 0.717) is 18.4 Å². The minimum Gasteiger partial charge on any atom is -0.497 e. The van der Waals surface area contributed by atoms with Crippen molar-refractivity contribution in [2.24, 2.45) is 5.73 Å². The SMILES string of the molecule is COc1ccc(Cc2noc(C3CCC(N)CC3)n2)cc1. The molecule has 0 aliphatic heterocycles. The van der Waals surface area contributed by atoms with E-state index >= 15 is 0 Å². The van der Waals surface area contributed by atoms with E-state index < -0.39 is 0 Å². The zero-order chi connectivity index (χ0) is 14.7. The van der Waals surface area contributed by atoms with E-state index in [1.54, 1.807) is 7.11 Å². The number of rotatable bonds is 4. The molecular formula is C16H21N3O2. The van der Waals surface area contributed by atoms with E-state index in [4.69, 9.17) is 15.0 Å². The predicted molar refractivity (Wildman–Crippen MR) is 79.3 cm³/mol. The molecule has 1 saturated carbocycles. The van der Waals surface area contributed by atoms with Crippen LogP contribution in [-0.2, 0) is 6.42 Å². The predicted octanol–water partition coefficient (Wildman–Crippen LogP) is 2.65. The van der Waals surface area contributed by atoms with Crippen molar-refractivity contribution in [1.82, 2.24) is 10.1 Å². The summed E-state index contributed by atoms with van der Waals surface area (Å²) in [6.07, 6.45) is 4.86. The number of hydrogen-bond acceptors (Lipinski definition) is 5. The Morgan fingerprint density at radius 1 is 1.19 bits per heavy atom. The molecule has 2 N–H and O–H groups in total. The van der Waals surface area contributed by atoms with Crippen LogP contribution in [0.2, 0.25) is 0 Å². The number of nitrogens with two attached hydrogens (primary N) is 1. The minimum absolute atomic E-state index is 0.336.